The first-order valence-corrected chi connectivity index (χ1v) is 7.01. The average Bonchev–Trinajstić information content (AvgIpc) is 2.38. The molecule has 1 aromatic heterocycles. The molecule has 2 rings (SSSR count). The molecule has 19 heavy (non-hydrogen) atoms. The number of hydrogen-bond acceptors (Lipinski definition) is 2. The van der Waals surface area contributed by atoms with E-state index in [4.69, 9.17) is 5.11 Å². The smallest absolute Gasteiger partial charge is 0.341 e. The Morgan fingerprint density at radius 1 is 1.26 bits per heavy atom. The predicted octanol–water partition coefficient (Wildman–Crippen LogP) is 3.18. The Kier molecular flexibility index (Phi) is 4.08. The van der Waals surface area contributed by atoms with Crippen LogP contribution < -0.4 is 5.56 Å². The summed E-state index contributed by atoms with van der Waals surface area (Å²) in [6.07, 6.45) is 5.39. The lowest BCUT2D eigenvalue weighted by molar-refractivity contribution is 0.0693. The summed E-state index contributed by atoms with van der Waals surface area (Å²) in [6, 6.07) is 3.40. The Hall–Kier alpha value is -1.58. The van der Waals surface area contributed by atoms with Gasteiger partial charge in [-0.3, -0.25) is 4.79 Å². The molecule has 1 fully saturated rings. The molecular formula is C15H21NO3. The van der Waals surface area contributed by atoms with E-state index in [2.05, 4.69) is 0 Å². The molecule has 0 aromatic carbocycles. The number of aromatic nitrogens is 1. The van der Waals surface area contributed by atoms with Crippen molar-refractivity contribution in [2.45, 2.75) is 57.9 Å². The monoisotopic (exact) mass is 263 g/mol. The molecule has 1 saturated carbocycles. The Balaban J connectivity index is 2.56. The first-order valence-electron chi connectivity index (χ1n) is 7.01. The van der Waals surface area contributed by atoms with Gasteiger partial charge >= 0.3 is 5.97 Å². The number of aromatic carboxylic acids is 1. The molecule has 0 radical (unpaired) electrons. The minimum Gasteiger partial charge on any atom is -0.477 e. The minimum absolute atomic E-state index is 0.116. The van der Waals surface area contributed by atoms with Gasteiger partial charge in [-0.25, -0.2) is 4.79 Å². The maximum Gasteiger partial charge on any atom is 0.341 e. The van der Waals surface area contributed by atoms with Crippen molar-refractivity contribution in [2.75, 3.05) is 0 Å². The number of carboxylic acid groups (broad SMARTS) is 1. The molecule has 4 heteroatoms. The standard InChI is InChI=1S/C15H21NO3/c1-10(2)13-9-8-12(15(18)19)14(17)16(13)11-6-4-3-5-7-11/h8-11H,3-7H2,1-2H3,(H,18,19). The van der Waals surface area contributed by atoms with E-state index in [1.165, 1.54) is 12.5 Å². The molecule has 0 spiro atoms. The molecule has 0 atom stereocenters. The highest BCUT2D eigenvalue weighted by atomic mass is 16.4. The second-order valence-corrected chi connectivity index (χ2v) is 5.60. The van der Waals surface area contributed by atoms with Gasteiger partial charge in [0.05, 0.1) is 0 Å². The molecule has 104 valence electrons. The van der Waals surface area contributed by atoms with Crippen molar-refractivity contribution in [1.29, 1.82) is 0 Å². The third kappa shape index (κ3) is 2.72. The van der Waals surface area contributed by atoms with E-state index in [-0.39, 0.29) is 23.1 Å². The first kappa shape index (κ1) is 13.8. The van der Waals surface area contributed by atoms with Gasteiger partial charge in [-0.2, -0.15) is 0 Å². The zero-order valence-corrected chi connectivity index (χ0v) is 11.6. The van der Waals surface area contributed by atoms with Gasteiger partial charge in [-0.15, -0.1) is 0 Å². The zero-order valence-electron chi connectivity index (χ0n) is 11.6. The minimum atomic E-state index is -1.13. The van der Waals surface area contributed by atoms with Crippen molar-refractivity contribution in [3.8, 4) is 0 Å². The molecule has 0 amide bonds. The fraction of sp³-hybridized carbons (Fsp3) is 0.600. The van der Waals surface area contributed by atoms with Gasteiger partial charge in [-0.05, 0) is 30.9 Å². The van der Waals surface area contributed by atoms with Crippen LogP contribution in [-0.4, -0.2) is 15.6 Å². The summed E-state index contributed by atoms with van der Waals surface area (Å²) in [6.45, 7) is 4.07. The van der Waals surface area contributed by atoms with Crippen molar-refractivity contribution in [3.05, 3.63) is 33.7 Å². The molecule has 1 aliphatic rings. The second kappa shape index (κ2) is 5.59. The highest BCUT2D eigenvalue weighted by Gasteiger charge is 2.23. The van der Waals surface area contributed by atoms with Gasteiger partial charge in [0.1, 0.15) is 5.56 Å². The van der Waals surface area contributed by atoms with Crippen molar-refractivity contribution >= 4 is 5.97 Å². The highest BCUT2D eigenvalue weighted by molar-refractivity contribution is 5.87. The van der Waals surface area contributed by atoms with E-state index in [1.807, 2.05) is 13.8 Å². The van der Waals surface area contributed by atoms with E-state index in [1.54, 1.807) is 10.6 Å². The van der Waals surface area contributed by atoms with E-state index in [0.717, 1.165) is 31.4 Å². The fourth-order valence-electron chi connectivity index (χ4n) is 2.92. The number of nitrogens with zero attached hydrogens (tertiary/aromatic N) is 1. The molecule has 1 aromatic rings. The third-order valence-electron chi connectivity index (χ3n) is 3.91. The lowest BCUT2D eigenvalue weighted by Crippen LogP contribution is -2.33. The van der Waals surface area contributed by atoms with E-state index < -0.39 is 5.97 Å². The molecule has 0 bridgehead atoms. The molecule has 4 nitrogen and oxygen atoms in total. The van der Waals surface area contributed by atoms with E-state index in [9.17, 15) is 9.59 Å². The average molecular weight is 263 g/mol. The molecule has 0 saturated heterocycles. The van der Waals surface area contributed by atoms with Crippen LogP contribution in [0.15, 0.2) is 16.9 Å². The van der Waals surface area contributed by atoms with Crippen molar-refractivity contribution in [3.63, 3.8) is 0 Å². The summed E-state index contributed by atoms with van der Waals surface area (Å²) >= 11 is 0. The van der Waals surface area contributed by atoms with Gasteiger partial charge in [0.25, 0.3) is 5.56 Å². The Morgan fingerprint density at radius 2 is 1.89 bits per heavy atom. The van der Waals surface area contributed by atoms with Crippen molar-refractivity contribution in [1.82, 2.24) is 4.57 Å². The van der Waals surface area contributed by atoms with Crippen LogP contribution in [0.3, 0.4) is 0 Å². The summed E-state index contributed by atoms with van der Waals surface area (Å²) in [5, 5.41) is 9.10. The largest absolute Gasteiger partial charge is 0.477 e. The lowest BCUT2D eigenvalue weighted by atomic mass is 9.93. The molecular weight excluding hydrogens is 242 g/mol. The van der Waals surface area contributed by atoms with Gasteiger partial charge < -0.3 is 9.67 Å². The normalized spacial score (nSPS) is 16.8. The fourth-order valence-corrected chi connectivity index (χ4v) is 2.92. The number of carboxylic acids is 1. The Labute approximate surface area is 113 Å². The number of pyridine rings is 1. The van der Waals surface area contributed by atoms with Crippen LogP contribution >= 0.6 is 0 Å². The number of hydrogen-bond donors (Lipinski definition) is 1. The van der Waals surface area contributed by atoms with Crippen LogP contribution in [0.2, 0.25) is 0 Å². The molecule has 0 unspecified atom stereocenters. The maximum absolute atomic E-state index is 12.4. The summed E-state index contributed by atoms with van der Waals surface area (Å²) in [5.74, 6) is -0.915. The summed E-state index contributed by atoms with van der Waals surface area (Å²) < 4.78 is 1.74. The predicted molar refractivity (Wildman–Crippen MR) is 73.9 cm³/mol. The van der Waals surface area contributed by atoms with Crippen LogP contribution in [-0.2, 0) is 0 Å². The van der Waals surface area contributed by atoms with Gasteiger partial charge in [0, 0.05) is 11.7 Å². The van der Waals surface area contributed by atoms with Crippen molar-refractivity contribution in [2.24, 2.45) is 0 Å². The van der Waals surface area contributed by atoms with E-state index in [0.29, 0.717) is 0 Å². The van der Waals surface area contributed by atoms with Crippen LogP contribution in [0.4, 0.5) is 0 Å². The molecule has 1 aliphatic carbocycles. The van der Waals surface area contributed by atoms with Gasteiger partial charge in [-0.1, -0.05) is 33.1 Å². The summed E-state index contributed by atoms with van der Waals surface area (Å²) in [4.78, 5) is 23.5. The first-order chi connectivity index (χ1) is 9.02. The van der Waals surface area contributed by atoms with Crippen LogP contribution in [0, 0.1) is 0 Å². The highest BCUT2D eigenvalue weighted by Crippen LogP contribution is 2.29. The molecule has 0 aliphatic heterocycles. The summed E-state index contributed by atoms with van der Waals surface area (Å²) in [5.41, 5.74) is 0.488. The van der Waals surface area contributed by atoms with Gasteiger partial charge in [0.15, 0.2) is 0 Å². The Morgan fingerprint density at radius 3 is 2.42 bits per heavy atom. The quantitative estimate of drug-likeness (QED) is 0.911. The third-order valence-corrected chi connectivity index (χ3v) is 3.91. The number of rotatable bonds is 3. The summed E-state index contributed by atoms with van der Waals surface area (Å²) in [7, 11) is 0. The van der Waals surface area contributed by atoms with Crippen molar-refractivity contribution < 1.29 is 9.90 Å². The topological polar surface area (TPSA) is 59.3 Å². The van der Waals surface area contributed by atoms with E-state index >= 15 is 0 Å². The van der Waals surface area contributed by atoms with Crippen LogP contribution in [0.1, 0.15) is 74.0 Å². The lowest BCUT2D eigenvalue weighted by Gasteiger charge is -2.28. The second-order valence-electron chi connectivity index (χ2n) is 5.60. The SMILES string of the molecule is CC(C)c1ccc(C(=O)O)c(=O)n1C1CCCCC1. The maximum atomic E-state index is 12.4. The number of carbonyl (C=O) groups is 1. The van der Waals surface area contributed by atoms with Crippen LogP contribution in [0.25, 0.3) is 0 Å². The van der Waals surface area contributed by atoms with Gasteiger partial charge in [0.2, 0.25) is 0 Å². The molecule has 1 heterocycles. The Bertz CT molecular complexity index is 525. The molecule has 1 N–H and O–H groups in total. The van der Waals surface area contributed by atoms with Crippen LogP contribution in [0.5, 0.6) is 0 Å². The zero-order chi connectivity index (χ0) is 14.0.